The number of carbonyl (C=O) groups is 1. The number of benzene rings is 2. The number of aromatic nitrogens is 3. The molecule has 33 heavy (non-hydrogen) atoms. The predicted molar refractivity (Wildman–Crippen MR) is 125 cm³/mol. The van der Waals surface area contributed by atoms with Crippen molar-refractivity contribution < 1.29 is 14.3 Å². The van der Waals surface area contributed by atoms with Crippen LogP contribution in [0.1, 0.15) is 28.5 Å². The van der Waals surface area contributed by atoms with Crippen molar-refractivity contribution in [3.8, 4) is 23.1 Å². The molecule has 1 amide bonds. The molecule has 2 aromatic carbocycles. The molecule has 166 valence electrons. The molecule has 0 aliphatic heterocycles. The van der Waals surface area contributed by atoms with Crippen molar-refractivity contribution in [2.75, 3.05) is 6.61 Å². The summed E-state index contributed by atoms with van der Waals surface area (Å²) in [6.45, 7) is 4.38. The van der Waals surface area contributed by atoms with Crippen LogP contribution in [0.2, 0.25) is 0 Å². The topological polar surface area (TPSA) is 90.6 Å². The van der Waals surface area contributed by atoms with E-state index in [1.54, 1.807) is 23.0 Å². The first-order chi connectivity index (χ1) is 16.2. The van der Waals surface area contributed by atoms with Crippen molar-refractivity contribution in [3.05, 3.63) is 95.9 Å². The summed E-state index contributed by atoms with van der Waals surface area (Å²) in [6.07, 6.45) is 4.61. The van der Waals surface area contributed by atoms with Gasteiger partial charge in [0.1, 0.15) is 11.5 Å². The highest BCUT2D eigenvalue weighted by molar-refractivity contribution is 5.94. The van der Waals surface area contributed by atoms with E-state index in [0.29, 0.717) is 35.1 Å². The maximum Gasteiger partial charge on any atom is 0.272 e. The van der Waals surface area contributed by atoms with Crippen molar-refractivity contribution in [2.24, 2.45) is 5.10 Å². The Morgan fingerprint density at radius 2 is 1.82 bits per heavy atom. The van der Waals surface area contributed by atoms with Gasteiger partial charge in [-0.05, 0) is 62.4 Å². The lowest BCUT2D eigenvalue weighted by molar-refractivity contribution is 0.0954. The number of rotatable bonds is 8. The lowest BCUT2D eigenvalue weighted by Crippen LogP contribution is -2.17. The van der Waals surface area contributed by atoms with Gasteiger partial charge in [-0.3, -0.25) is 9.78 Å². The number of hydrogen-bond donors (Lipinski definition) is 1. The zero-order valence-electron chi connectivity index (χ0n) is 18.3. The minimum Gasteiger partial charge on any atom is -0.494 e. The first-order valence-electron chi connectivity index (χ1n) is 10.4. The molecular weight excluding hydrogens is 418 g/mol. The molecule has 4 aromatic rings. The van der Waals surface area contributed by atoms with Gasteiger partial charge in [-0.1, -0.05) is 18.2 Å². The zero-order valence-corrected chi connectivity index (χ0v) is 18.3. The van der Waals surface area contributed by atoms with Gasteiger partial charge in [0.25, 0.3) is 5.91 Å². The predicted octanol–water partition coefficient (Wildman–Crippen LogP) is 4.53. The van der Waals surface area contributed by atoms with E-state index in [1.165, 1.54) is 12.4 Å². The smallest absolute Gasteiger partial charge is 0.272 e. The molecule has 0 aliphatic rings. The Labute approximate surface area is 191 Å². The van der Waals surface area contributed by atoms with Crippen molar-refractivity contribution in [2.45, 2.75) is 13.8 Å². The maximum absolute atomic E-state index is 12.3. The second-order valence-corrected chi connectivity index (χ2v) is 7.00. The van der Waals surface area contributed by atoms with Gasteiger partial charge in [0.15, 0.2) is 0 Å². The van der Waals surface area contributed by atoms with Gasteiger partial charge in [0, 0.05) is 12.4 Å². The molecule has 0 spiro atoms. The number of aryl methyl sites for hydroxylation is 1. The van der Waals surface area contributed by atoms with Gasteiger partial charge >= 0.3 is 0 Å². The number of pyridine rings is 1. The number of carbonyl (C=O) groups excluding carboxylic acids is 1. The molecule has 8 heteroatoms. The Hall–Kier alpha value is -4.46. The summed E-state index contributed by atoms with van der Waals surface area (Å²) < 4.78 is 13.4. The molecule has 0 radical (unpaired) electrons. The number of amides is 1. The molecule has 0 aliphatic carbocycles. The second kappa shape index (κ2) is 10.2. The van der Waals surface area contributed by atoms with Crippen LogP contribution in [0.25, 0.3) is 5.69 Å². The average Bonchev–Trinajstić information content (AvgIpc) is 3.16. The van der Waals surface area contributed by atoms with Crippen LogP contribution >= 0.6 is 0 Å². The highest BCUT2D eigenvalue weighted by Gasteiger charge is 2.18. The van der Waals surface area contributed by atoms with Crippen LogP contribution in [0.3, 0.4) is 0 Å². The van der Waals surface area contributed by atoms with Gasteiger partial charge in [-0.15, -0.1) is 0 Å². The Balaban J connectivity index is 1.64. The molecule has 4 rings (SSSR count). The molecule has 0 bridgehead atoms. The van der Waals surface area contributed by atoms with Crippen molar-refractivity contribution >= 4 is 12.1 Å². The number of para-hydroxylation sites is 1. The van der Waals surface area contributed by atoms with Crippen molar-refractivity contribution in [1.82, 2.24) is 20.2 Å². The lowest BCUT2D eigenvalue weighted by Gasteiger charge is -2.11. The van der Waals surface area contributed by atoms with E-state index in [2.05, 4.69) is 20.6 Å². The summed E-state index contributed by atoms with van der Waals surface area (Å²) in [4.78, 5) is 16.2. The average molecular weight is 441 g/mol. The quantitative estimate of drug-likeness (QED) is 0.320. The highest BCUT2D eigenvalue weighted by Crippen LogP contribution is 2.30. The van der Waals surface area contributed by atoms with E-state index in [-0.39, 0.29) is 5.91 Å². The third kappa shape index (κ3) is 5.24. The Kier molecular flexibility index (Phi) is 6.75. The molecule has 0 saturated heterocycles. The highest BCUT2D eigenvalue weighted by atomic mass is 16.5. The van der Waals surface area contributed by atoms with E-state index in [4.69, 9.17) is 9.47 Å². The minimum absolute atomic E-state index is 0.360. The number of ether oxygens (including phenoxy) is 2. The van der Waals surface area contributed by atoms with E-state index in [0.717, 1.165) is 11.4 Å². The first kappa shape index (κ1) is 21.8. The molecule has 0 saturated carbocycles. The molecule has 0 atom stereocenters. The lowest BCUT2D eigenvalue weighted by atomic mass is 10.2. The van der Waals surface area contributed by atoms with E-state index in [9.17, 15) is 4.79 Å². The molecule has 0 fully saturated rings. The minimum atomic E-state index is -0.360. The van der Waals surface area contributed by atoms with Crippen LogP contribution in [0, 0.1) is 6.92 Å². The molecule has 1 N–H and O–H groups in total. The fraction of sp³-hybridized carbons (Fsp3) is 0.120. The zero-order chi connectivity index (χ0) is 23.0. The molecular formula is C25H23N5O3. The van der Waals surface area contributed by atoms with E-state index < -0.39 is 0 Å². The molecule has 2 aromatic heterocycles. The fourth-order valence-corrected chi connectivity index (χ4v) is 3.11. The molecule has 2 heterocycles. The number of hydrogen-bond acceptors (Lipinski definition) is 6. The third-order valence-corrected chi connectivity index (χ3v) is 4.70. The van der Waals surface area contributed by atoms with Gasteiger partial charge in [0.05, 0.1) is 35.3 Å². The second-order valence-electron chi connectivity index (χ2n) is 7.00. The Morgan fingerprint density at radius 3 is 2.52 bits per heavy atom. The Bertz CT molecular complexity index is 1240. The summed E-state index contributed by atoms with van der Waals surface area (Å²) in [5.74, 6) is 1.49. The van der Waals surface area contributed by atoms with Crippen LogP contribution in [-0.4, -0.2) is 33.5 Å². The van der Waals surface area contributed by atoms with Crippen LogP contribution in [-0.2, 0) is 0 Å². The van der Waals surface area contributed by atoms with Crippen molar-refractivity contribution in [3.63, 3.8) is 0 Å². The molecule has 8 nitrogen and oxygen atoms in total. The summed E-state index contributed by atoms with van der Waals surface area (Å²) in [5.41, 5.74) is 5.10. The van der Waals surface area contributed by atoms with Crippen LogP contribution in [0.4, 0.5) is 0 Å². The SMILES string of the molecule is CCOc1ccc(Oc2c(C=NNC(=O)c3cccnc3)c(C)nn2-c2ccccc2)cc1. The summed E-state index contributed by atoms with van der Waals surface area (Å²) in [6, 6.07) is 20.3. The van der Waals surface area contributed by atoms with Crippen molar-refractivity contribution in [1.29, 1.82) is 0 Å². The maximum atomic E-state index is 12.3. The number of nitrogens with one attached hydrogen (secondary N) is 1. The van der Waals surface area contributed by atoms with Crippen LogP contribution in [0.15, 0.2) is 84.2 Å². The summed E-state index contributed by atoms with van der Waals surface area (Å²) in [7, 11) is 0. The normalized spacial score (nSPS) is 10.8. The van der Waals surface area contributed by atoms with Crippen LogP contribution < -0.4 is 14.9 Å². The standard InChI is InChI=1S/C25H23N5O3/c1-3-32-21-11-13-22(14-12-21)33-25-23(17-27-28-24(31)19-8-7-15-26-16-19)18(2)29-30(25)20-9-5-4-6-10-20/h4-17H,3H2,1-2H3,(H,28,31). The number of hydrazone groups is 1. The van der Waals surface area contributed by atoms with Gasteiger partial charge in [0.2, 0.25) is 5.88 Å². The summed E-state index contributed by atoms with van der Waals surface area (Å²) in [5, 5.41) is 8.75. The summed E-state index contributed by atoms with van der Waals surface area (Å²) >= 11 is 0. The van der Waals surface area contributed by atoms with Gasteiger partial charge < -0.3 is 9.47 Å². The number of nitrogens with zero attached hydrogens (tertiary/aromatic N) is 4. The van der Waals surface area contributed by atoms with Crippen LogP contribution in [0.5, 0.6) is 17.4 Å². The van der Waals surface area contributed by atoms with Gasteiger partial charge in [-0.25, -0.2) is 5.43 Å². The third-order valence-electron chi connectivity index (χ3n) is 4.70. The monoisotopic (exact) mass is 441 g/mol. The first-order valence-corrected chi connectivity index (χ1v) is 10.4. The molecule has 0 unspecified atom stereocenters. The Morgan fingerprint density at radius 1 is 1.06 bits per heavy atom. The van der Waals surface area contributed by atoms with Gasteiger partial charge in [-0.2, -0.15) is 14.9 Å². The van der Waals surface area contributed by atoms with E-state index in [1.807, 2.05) is 68.4 Å². The largest absolute Gasteiger partial charge is 0.494 e. The van der Waals surface area contributed by atoms with E-state index >= 15 is 0 Å². The fourth-order valence-electron chi connectivity index (χ4n) is 3.11.